The van der Waals surface area contributed by atoms with Crippen LogP contribution in [0.1, 0.15) is 17.5 Å². The monoisotopic (exact) mass is 206 g/mol. The smallest absolute Gasteiger partial charge is 0.00188 e. The second-order valence-corrected chi connectivity index (χ2v) is 4.18. The molecule has 1 aromatic rings. The number of nitrogens with two attached hydrogens (primary N) is 1. The van der Waals surface area contributed by atoms with E-state index in [2.05, 4.69) is 43.1 Å². The van der Waals surface area contributed by atoms with E-state index in [9.17, 15) is 0 Å². The molecule has 2 N–H and O–H groups in total. The molecule has 0 saturated carbocycles. The van der Waals surface area contributed by atoms with Gasteiger partial charge in [-0.2, -0.15) is 0 Å². The molecule has 0 saturated heterocycles. The number of nitrogens with zero attached hydrogens (tertiary/aromatic N) is 1. The summed E-state index contributed by atoms with van der Waals surface area (Å²) in [7, 11) is 2.16. The predicted molar refractivity (Wildman–Crippen MR) is 66.1 cm³/mol. The Bertz CT molecular complexity index is 266. The number of likely N-dealkylation sites (N-methyl/N-ethyl adjacent to an activating group) is 1. The summed E-state index contributed by atoms with van der Waals surface area (Å²) in [5, 5.41) is 0. The van der Waals surface area contributed by atoms with E-state index in [4.69, 9.17) is 5.73 Å². The number of hydrogen-bond donors (Lipinski definition) is 1. The van der Waals surface area contributed by atoms with Crippen LogP contribution in [0.4, 0.5) is 0 Å². The van der Waals surface area contributed by atoms with Gasteiger partial charge in [0.25, 0.3) is 0 Å². The zero-order valence-electron chi connectivity index (χ0n) is 9.87. The Morgan fingerprint density at radius 3 is 2.40 bits per heavy atom. The van der Waals surface area contributed by atoms with Crippen molar-refractivity contribution in [2.45, 2.75) is 19.8 Å². The molecule has 0 heterocycles. The summed E-state index contributed by atoms with van der Waals surface area (Å²) in [5.74, 6) is 0. The fourth-order valence-electron chi connectivity index (χ4n) is 1.55. The molecule has 0 aliphatic rings. The Morgan fingerprint density at radius 2 is 1.80 bits per heavy atom. The van der Waals surface area contributed by atoms with Crippen LogP contribution in [-0.2, 0) is 6.42 Å². The molecule has 0 aliphatic carbocycles. The van der Waals surface area contributed by atoms with Gasteiger partial charge in [0.2, 0.25) is 0 Å². The molecule has 0 aromatic heterocycles. The van der Waals surface area contributed by atoms with Crippen LogP contribution < -0.4 is 5.73 Å². The lowest BCUT2D eigenvalue weighted by Crippen LogP contribution is -2.24. The lowest BCUT2D eigenvalue weighted by molar-refractivity contribution is 0.335. The molecular weight excluding hydrogens is 184 g/mol. The Kier molecular flexibility index (Phi) is 5.37. The van der Waals surface area contributed by atoms with Crippen molar-refractivity contribution in [1.82, 2.24) is 4.90 Å². The molecule has 0 unspecified atom stereocenters. The second kappa shape index (κ2) is 6.59. The first kappa shape index (κ1) is 12.2. The Balaban J connectivity index is 2.27. The normalized spacial score (nSPS) is 10.9. The second-order valence-electron chi connectivity index (χ2n) is 4.18. The molecule has 0 radical (unpaired) electrons. The van der Waals surface area contributed by atoms with Crippen LogP contribution in [-0.4, -0.2) is 31.6 Å². The maximum atomic E-state index is 5.47. The van der Waals surface area contributed by atoms with Gasteiger partial charge in [-0.05, 0) is 45.5 Å². The molecule has 0 bridgehead atoms. The van der Waals surface area contributed by atoms with E-state index in [1.165, 1.54) is 11.1 Å². The van der Waals surface area contributed by atoms with E-state index in [-0.39, 0.29) is 0 Å². The van der Waals surface area contributed by atoms with E-state index < -0.39 is 0 Å². The molecule has 2 heteroatoms. The van der Waals surface area contributed by atoms with Crippen molar-refractivity contribution in [2.75, 3.05) is 26.7 Å². The van der Waals surface area contributed by atoms with Gasteiger partial charge < -0.3 is 10.6 Å². The highest BCUT2D eigenvalue weighted by molar-refractivity contribution is 5.21. The first-order valence-corrected chi connectivity index (χ1v) is 5.66. The summed E-state index contributed by atoms with van der Waals surface area (Å²) in [4.78, 5) is 2.34. The van der Waals surface area contributed by atoms with Crippen molar-refractivity contribution >= 4 is 0 Å². The molecule has 1 aromatic carbocycles. The number of aryl methyl sites for hydroxylation is 1. The average Bonchev–Trinajstić information content (AvgIpc) is 2.25. The van der Waals surface area contributed by atoms with Crippen LogP contribution in [0, 0.1) is 6.92 Å². The van der Waals surface area contributed by atoms with Crippen LogP contribution in [0.2, 0.25) is 0 Å². The Morgan fingerprint density at radius 1 is 1.13 bits per heavy atom. The minimum atomic E-state index is 0.787. The van der Waals surface area contributed by atoms with Crippen LogP contribution in [0.15, 0.2) is 24.3 Å². The third-order valence-corrected chi connectivity index (χ3v) is 2.65. The average molecular weight is 206 g/mol. The summed E-state index contributed by atoms with van der Waals surface area (Å²) < 4.78 is 0. The maximum absolute atomic E-state index is 5.47. The molecule has 0 amide bonds. The molecule has 0 fully saturated rings. The van der Waals surface area contributed by atoms with Crippen LogP contribution in [0.5, 0.6) is 0 Å². The van der Waals surface area contributed by atoms with Crippen LogP contribution in [0.25, 0.3) is 0 Å². The van der Waals surface area contributed by atoms with Gasteiger partial charge in [-0.1, -0.05) is 29.8 Å². The van der Waals surface area contributed by atoms with Crippen molar-refractivity contribution in [1.29, 1.82) is 0 Å². The summed E-state index contributed by atoms with van der Waals surface area (Å²) in [6, 6.07) is 8.78. The fraction of sp³-hybridized carbons (Fsp3) is 0.538. The van der Waals surface area contributed by atoms with Gasteiger partial charge in [0, 0.05) is 6.54 Å². The Hall–Kier alpha value is -0.860. The van der Waals surface area contributed by atoms with Crippen molar-refractivity contribution in [2.24, 2.45) is 5.73 Å². The SMILES string of the molecule is Cc1ccc(CCN(C)CCCN)cc1. The molecule has 2 nitrogen and oxygen atoms in total. The van der Waals surface area contributed by atoms with E-state index in [1.54, 1.807) is 0 Å². The van der Waals surface area contributed by atoms with Crippen LogP contribution >= 0.6 is 0 Å². The van der Waals surface area contributed by atoms with Crippen molar-refractivity contribution in [3.05, 3.63) is 35.4 Å². The standard InChI is InChI=1S/C13H22N2/c1-12-4-6-13(7-5-12)8-11-15(2)10-3-9-14/h4-7H,3,8-11,14H2,1-2H3. The highest BCUT2D eigenvalue weighted by atomic mass is 15.1. The molecule has 1 rings (SSSR count). The molecule has 15 heavy (non-hydrogen) atoms. The van der Waals surface area contributed by atoms with Crippen molar-refractivity contribution in [3.63, 3.8) is 0 Å². The predicted octanol–water partition coefficient (Wildman–Crippen LogP) is 1.82. The Labute approximate surface area is 93.1 Å². The first-order valence-electron chi connectivity index (χ1n) is 5.66. The zero-order valence-corrected chi connectivity index (χ0v) is 9.87. The number of hydrogen-bond acceptors (Lipinski definition) is 2. The lowest BCUT2D eigenvalue weighted by Gasteiger charge is -2.15. The van der Waals surface area contributed by atoms with Crippen molar-refractivity contribution < 1.29 is 0 Å². The minimum Gasteiger partial charge on any atom is -0.330 e. The van der Waals surface area contributed by atoms with E-state index in [0.717, 1.165) is 32.5 Å². The van der Waals surface area contributed by atoms with E-state index in [1.807, 2.05) is 0 Å². The summed E-state index contributed by atoms with van der Waals surface area (Å²) in [6.45, 7) is 5.12. The van der Waals surface area contributed by atoms with E-state index >= 15 is 0 Å². The molecule has 0 spiro atoms. The highest BCUT2D eigenvalue weighted by Gasteiger charge is 1.98. The van der Waals surface area contributed by atoms with Crippen molar-refractivity contribution in [3.8, 4) is 0 Å². The summed E-state index contributed by atoms with van der Waals surface area (Å²) in [5.41, 5.74) is 8.22. The maximum Gasteiger partial charge on any atom is 0.00188 e. The molecular formula is C13H22N2. The molecule has 0 aliphatic heterocycles. The van der Waals surface area contributed by atoms with E-state index in [0.29, 0.717) is 0 Å². The third kappa shape index (κ3) is 4.96. The highest BCUT2D eigenvalue weighted by Crippen LogP contribution is 2.04. The third-order valence-electron chi connectivity index (χ3n) is 2.65. The quantitative estimate of drug-likeness (QED) is 0.769. The number of benzene rings is 1. The van der Waals surface area contributed by atoms with Gasteiger partial charge in [-0.15, -0.1) is 0 Å². The minimum absolute atomic E-state index is 0.787. The summed E-state index contributed by atoms with van der Waals surface area (Å²) >= 11 is 0. The fourth-order valence-corrected chi connectivity index (χ4v) is 1.55. The van der Waals surface area contributed by atoms with Gasteiger partial charge in [0.05, 0.1) is 0 Å². The van der Waals surface area contributed by atoms with Crippen LogP contribution in [0.3, 0.4) is 0 Å². The largest absolute Gasteiger partial charge is 0.330 e. The lowest BCUT2D eigenvalue weighted by atomic mass is 10.1. The first-order chi connectivity index (χ1) is 7.22. The summed E-state index contributed by atoms with van der Waals surface area (Å²) in [6.07, 6.45) is 2.21. The van der Waals surface area contributed by atoms with Gasteiger partial charge in [0.15, 0.2) is 0 Å². The van der Waals surface area contributed by atoms with Gasteiger partial charge in [0.1, 0.15) is 0 Å². The molecule has 0 atom stereocenters. The zero-order chi connectivity index (χ0) is 11.1. The van der Waals surface area contributed by atoms with Gasteiger partial charge in [-0.25, -0.2) is 0 Å². The van der Waals surface area contributed by atoms with Gasteiger partial charge in [-0.3, -0.25) is 0 Å². The van der Waals surface area contributed by atoms with Gasteiger partial charge >= 0.3 is 0 Å². The topological polar surface area (TPSA) is 29.3 Å². The number of rotatable bonds is 6. The molecule has 84 valence electrons.